The number of hydrogen-bond donors (Lipinski definition) is 2. The average molecular weight is 465 g/mol. The van der Waals surface area contributed by atoms with Crippen molar-refractivity contribution in [2.24, 2.45) is 0 Å². The molecule has 3 rings (SSSR count). The normalized spacial score (nSPS) is 10.2. The van der Waals surface area contributed by atoms with Crippen LogP contribution in [0.5, 0.6) is 23.0 Å². The van der Waals surface area contributed by atoms with Crippen molar-refractivity contribution in [3.05, 3.63) is 71.8 Å². The van der Waals surface area contributed by atoms with Crippen LogP contribution in [-0.4, -0.2) is 39.2 Å². The fourth-order valence-electron chi connectivity index (χ4n) is 3.26. The molecule has 0 spiro atoms. The highest BCUT2D eigenvalue weighted by Gasteiger charge is 2.18. The molecule has 0 heterocycles. The maximum absolute atomic E-state index is 13.0. The van der Waals surface area contributed by atoms with Gasteiger partial charge in [0.2, 0.25) is 0 Å². The number of anilines is 2. The first kappa shape index (κ1) is 24.4. The van der Waals surface area contributed by atoms with E-state index in [-0.39, 0.29) is 11.8 Å². The minimum Gasteiger partial charge on any atom is -0.494 e. The molecular weight excluding hydrogens is 436 g/mol. The van der Waals surface area contributed by atoms with Crippen molar-refractivity contribution in [2.75, 3.05) is 38.1 Å². The summed E-state index contributed by atoms with van der Waals surface area (Å²) in [4.78, 5) is 25.6. The highest BCUT2D eigenvalue weighted by Crippen LogP contribution is 2.37. The van der Waals surface area contributed by atoms with Gasteiger partial charge >= 0.3 is 0 Å². The van der Waals surface area contributed by atoms with E-state index in [1.54, 1.807) is 54.6 Å². The van der Waals surface area contributed by atoms with Gasteiger partial charge in [0.25, 0.3) is 11.8 Å². The lowest BCUT2D eigenvalue weighted by Crippen LogP contribution is -2.15. The summed E-state index contributed by atoms with van der Waals surface area (Å²) in [5, 5.41) is 5.65. The first-order chi connectivity index (χ1) is 16.5. The highest BCUT2D eigenvalue weighted by atomic mass is 16.5. The number of benzene rings is 3. The topological polar surface area (TPSA) is 95.1 Å². The van der Waals surface area contributed by atoms with Gasteiger partial charge < -0.3 is 29.6 Å². The second-order valence-electron chi connectivity index (χ2n) is 7.05. The molecule has 0 aliphatic carbocycles. The van der Waals surface area contributed by atoms with Gasteiger partial charge in [-0.05, 0) is 44.2 Å². The summed E-state index contributed by atoms with van der Waals surface area (Å²) >= 11 is 0. The Morgan fingerprint density at radius 2 is 1.18 bits per heavy atom. The SMILES string of the molecule is CCOc1ccc(C(=O)Nc2cc(OC)c(NC(=O)c3ccccc3)cc2OC)cc1OCC. The van der Waals surface area contributed by atoms with E-state index in [2.05, 4.69) is 10.6 Å². The number of carbonyl (C=O) groups excluding carboxylic acids is 2. The zero-order chi connectivity index (χ0) is 24.5. The molecule has 2 amide bonds. The monoisotopic (exact) mass is 464 g/mol. The van der Waals surface area contributed by atoms with Crippen LogP contribution in [0.4, 0.5) is 11.4 Å². The fourth-order valence-corrected chi connectivity index (χ4v) is 3.26. The molecule has 0 aromatic heterocycles. The predicted molar refractivity (Wildman–Crippen MR) is 131 cm³/mol. The van der Waals surface area contributed by atoms with Gasteiger partial charge in [-0.2, -0.15) is 0 Å². The molecule has 0 fully saturated rings. The van der Waals surface area contributed by atoms with Crippen LogP contribution in [0.2, 0.25) is 0 Å². The molecule has 0 unspecified atom stereocenters. The molecule has 0 radical (unpaired) electrons. The van der Waals surface area contributed by atoms with E-state index >= 15 is 0 Å². The van der Waals surface area contributed by atoms with Crippen molar-refractivity contribution in [1.82, 2.24) is 0 Å². The van der Waals surface area contributed by atoms with Crippen LogP contribution in [-0.2, 0) is 0 Å². The quantitative estimate of drug-likeness (QED) is 0.438. The second kappa shape index (κ2) is 11.6. The molecule has 8 nitrogen and oxygen atoms in total. The van der Waals surface area contributed by atoms with E-state index < -0.39 is 0 Å². The Hall–Kier alpha value is -4.20. The first-order valence-corrected chi connectivity index (χ1v) is 10.8. The van der Waals surface area contributed by atoms with Crippen LogP contribution in [0.25, 0.3) is 0 Å². The van der Waals surface area contributed by atoms with Gasteiger partial charge in [-0.25, -0.2) is 0 Å². The van der Waals surface area contributed by atoms with Gasteiger partial charge in [0.15, 0.2) is 11.5 Å². The number of carbonyl (C=O) groups is 2. The largest absolute Gasteiger partial charge is 0.494 e. The molecule has 3 aromatic carbocycles. The zero-order valence-electron chi connectivity index (χ0n) is 19.6. The van der Waals surface area contributed by atoms with E-state index in [9.17, 15) is 9.59 Å². The molecule has 0 atom stereocenters. The number of nitrogens with one attached hydrogen (secondary N) is 2. The summed E-state index contributed by atoms with van der Waals surface area (Å²) in [6.45, 7) is 4.65. The summed E-state index contributed by atoms with van der Waals surface area (Å²) in [6, 6.07) is 17.0. The van der Waals surface area contributed by atoms with Crippen molar-refractivity contribution in [2.45, 2.75) is 13.8 Å². The number of ether oxygens (including phenoxy) is 4. The molecular formula is C26H28N2O6. The Morgan fingerprint density at radius 1 is 0.647 bits per heavy atom. The molecule has 8 heteroatoms. The maximum atomic E-state index is 13.0. The molecule has 0 bridgehead atoms. The fraction of sp³-hybridized carbons (Fsp3) is 0.231. The van der Waals surface area contributed by atoms with Gasteiger partial charge in [0, 0.05) is 23.3 Å². The van der Waals surface area contributed by atoms with Crippen molar-refractivity contribution in [1.29, 1.82) is 0 Å². The lowest BCUT2D eigenvalue weighted by Gasteiger charge is -2.17. The van der Waals surface area contributed by atoms with Crippen molar-refractivity contribution in [3.8, 4) is 23.0 Å². The van der Waals surface area contributed by atoms with Gasteiger partial charge in [0.05, 0.1) is 38.8 Å². The van der Waals surface area contributed by atoms with E-state index in [0.717, 1.165) is 0 Å². The standard InChI is InChI=1S/C26H28N2O6/c1-5-33-21-13-12-18(14-24(21)34-6-2)26(30)28-20-16-22(31-3)19(15-23(20)32-4)27-25(29)17-10-8-7-9-11-17/h7-16H,5-6H2,1-4H3,(H,27,29)(H,28,30). The Bertz CT molecular complexity index is 1150. The average Bonchev–Trinajstić information content (AvgIpc) is 2.86. The number of rotatable bonds is 10. The molecule has 34 heavy (non-hydrogen) atoms. The summed E-state index contributed by atoms with van der Waals surface area (Å²) in [7, 11) is 2.96. The molecule has 178 valence electrons. The van der Waals surface area contributed by atoms with Crippen LogP contribution in [0.1, 0.15) is 34.6 Å². The Balaban J connectivity index is 1.86. The van der Waals surface area contributed by atoms with Crippen molar-refractivity contribution in [3.63, 3.8) is 0 Å². The Morgan fingerprint density at radius 3 is 1.71 bits per heavy atom. The molecule has 3 aromatic rings. The lowest BCUT2D eigenvalue weighted by atomic mass is 10.1. The van der Waals surface area contributed by atoms with Gasteiger partial charge in [-0.1, -0.05) is 18.2 Å². The number of amides is 2. The van der Waals surface area contributed by atoms with Crippen LogP contribution in [0, 0.1) is 0 Å². The minimum atomic E-state index is -0.370. The minimum absolute atomic E-state index is 0.296. The van der Waals surface area contributed by atoms with Crippen LogP contribution in [0.3, 0.4) is 0 Å². The van der Waals surface area contributed by atoms with Gasteiger partial charge in [-0.3, -0.25) is 9.59 Å². The third-order valence-corrected chi connectivity index (χ3v) is 4.86. The van der Waals surface area contributed by atoms with Crippen LogP contribution in [0.15, 0.2) is 60.7 Å². The Kier molecular flexibility index (Phi) is 8.34. The molecule has 0 aliphatic rings. The van der Waals surface area contributed by atoms with E-state index in [4.69, 9.17) is 18.9 Å². The maximum Gasteiger partial charge on any atom is 0.255 e. The molecule has 2 N–H and O–H groups in total. The predicted octanol–water partition coefficient (Wildman–Crippen LogP) is 5.01. The summed E-state index contributed by atoms with van der Waals surface area (Å²) < 4.78 is 22.1. The zero-order valence-corrected chi connectivity index (χ0v) is 19.6. The summed E-state index contributed by atoms with van der Waals surface area (Å²) in [5.41, 5.74) is 1.68. The smallest absolute Gasteiger partial charge is 0.255 e. The first-order valence-electron chi connectivity index (χ1n) is 10.8. The second-order valence-corrected chi connectivity index (χ2v) is 7.05. The van der Waals surface area contributed by atoms with Crippen molar-refractivity contribution >= 4 is 23.2 Å². The van der Waals surface area contributed by atoms with E-state index in [0.29, 0.717) is 58.7 Å². The Labute approximate surface area is 198 Å². The lowest BCUT2D eigenvalue weighted by molar-refractivity contribution is 0.101. The third-order valence-electron chi connectivity index (χ3n) is 4.86. The van der Waals surface area contributed by atoms with Crippen molar-refractivity contribution < 1.29 is 28.5 Å². The number of methoxy groups -OCH3 is 2. The molecule has 0 aliphatic heterocycles. The van der Waals surface area contributed by atoms with E-state index in [1.807, 2.05) is 19.9 Å². The highest BCUT2D eigenvalue weighted by molar-refractivity contribution is 6.07. The summed E-state index contributed by atoms with van der Waals surface area (Å²) in [6.07, 6.45) is 0. The number of hydrogen-bond acceptors (Lipinski definition) is 6. The van der Waals surface area contributed by atoms with Crippen LogP contribution >= 0.6 is 0 Å². The summed E-state index contributed by atoms with van der Waals surface area (Å²) in [5.74, 6) is 1.11. The van der Waals surface area contributed by atoms with Crippen LogP contribution < -0.4 is 29.6 Å². The third kappa shape index (κ3) is 5.78. The van der Waals surface area contributed by atoms with Gasteiger partial charge in [-0.15, -0.1) is 0 Å². The van der Waals surface area contributed by atoms with E-state index in [1.165, 1.54) is 14.2 Å². The molecule has 0 saturated carbocycles. The molecule has 0 saturated heterocycles. The van der Waals surface area contributed by atoms with Gasteiger partial charge in [0.1, 0.15) is 11.5 Å².